The number of carbonyl (C=O) groups is 2. The maximum atomic E-state index is 11.4. The molecule has 0 amide bonds. The molecule has 0 bridgehead atoms. The lowest BCUT2D eigenvalue weighted by atomic mass is 10.1. The minimum Gasteiger partial charge on any atom is -0.475 e. The van der Waals surface area contributed by atoms with Crippen LogP contribution >= 0.6 is 0 Å². The molecular weight excluding hydrogens is 303 g/mol. The number of ether oxygens (including phenoxy) is 1. The Balaban J connectivity index is 0.000000534. The molecule has 1 aromatic rings. The zero-order chi connectivity index (χ0) is 17.3. The molecule has 0 saturated heterocycles. The van der Waals surface area contributed by atoms with Crippen molar-refractivity contribution in [2.45, 2.75) is 38.6 Å². The van der Waals surface area contributed by atoms with Gasteiger partial charge in [0.05, 0.1) is 6.10 Å². The topological polar surface area (TPSA) is 89.6 Å². The number of aliphatic carboxylic acids is 1. The van der Waals surface area contributed by atoms with Crippen LogP contribution in [-0.4, -0.2) is 35.4 Å². The predicted molar refractivity (Wildman–Crippen MR) is 73.0 cm³/mol. The molecule has 0 saturated carbocycles. The van der Waals surface area contributed by atoms with Crippen molar-refractivity contribution in [3.8, 4) is 0 Å². The van der Waals surface area contributed by atoms with Crippen molar-refractivity contribution in [1.29, 1.82) is 0 Å². The molecular formula is C14H18F3NO4. The third-order valence-corrected chi connectivity index (χ3v) is 2.20. The Kier molecular flexibility index (Phi) is 8.18. The summed E-state index contributed by atoms with van der Waals surface area (Å²) in [6.07, 6.45) is -4.67. The highest BCUT2D eigenvalue weighted by molar-refractivity contribution is 5.76. The highest BCUT2D eigenvalue weighted by Crippen LogP contribution is 2.13. The molecule has 0 aromatic heterocycles. The summed E-state index contributed by atoms with van der Waals surface area (Å²) in [5.41, 5.74) is 6.77. The lowest BCUT2D eigenvalue weighted by Gasteiger charge is -2.13. The van der Waals surface area contributed by atoms with Gasteiger partial charge in [-0.2, -0.15) is 13.2 Å². The molecule has 0 spiro atoms. The Morgan fingerprint density at radius 1 is 1.23 bits per heavy atom. The monoisotopic (exact) mass is 321 g/mol. The summed E-state index contributed by atoms with van der Waals surface area (Å²) >= 11 is 0. The van der Waals surface area contributed by atoms with E-state index in [0.717, 1.165) is 5.56 Å². The number of alkyl halides is 3. The van der Waals surface area contributed by atoms with Gasteiger partial charge in [-0.3, -0.25) is 4.79 Å². The first kappa shape index (κ1) is 19.9. The standard InChI is InChI=1S/C12H17NO2.C2HF3O2/c1-9(2)15-12(14)11(13)8-10-6-4-3-5-7-10;3-2(4,5)1(6)7/h3-7,9,11H,8,13H2,1-2H3;(H,6,7). The highest BCUT2D eigenvalue weighted by Gasteiger charge is 2.38. The van der Waals surface area contributed by atoms with Gasteiger partial charge in [-0.15, -0.1) is 0 Å². The molecule has 0 aliphatic heterocycles. The molecule has 1 aromatic carbocycles. The fraction of sp³-hybridized carbons (Fsp3) is 0.429. The van der Waals surface area contributed by atoms with Gasteiger partial charge in [-0.1, -0.05) is 30.3 Å². The van der Waals surface area contributed by atoms with E-state index in [1.807, 2.05) is 44.2 Å². The van der Waals surface area contributed by atoms with Crippen LogP contribution in [0.2, 0.25) is 0 Å². The van der Waals surface area contributed by atoms with E-state index in [4.69, 9.17) is 20.4 Å². The third kappa shape index (κ3) is 8.96. The van der Waals surface area contributed by atoms with Crippen molar-refractivity contribution in [2.75, 3.05) is 0 Å². The highest BCUT2D eigenvalue weighted by atomic mass is 19.4. The number of carboxylic acids is 1. The molecule has 0 aliphatic carbocycles. The van der Waals surface area contributed by atoms with Gasteiger partial charge >= 0.3 is 18.1 Å². The van der Waals surface area contributed by atoms with E-state index in [1.54, 1.807) is 0 Å². The Bertz CT molecular complexity index is 475. The first-order valence-corrected chi connectivity index (χ1v) is 6.34. The number of benzene rings is 1. The second kappa shape index (κ2) is 9.04. The van der Waals surface area contributed by atoms with E-state index in [9.17, 15) is 18.0 Å². The minimum absolute atomic E-state index is 0.112. The number of nitrogens with two attached hydrogens (primary N) is 1. The average molecular weight is 321 g/mol. The Morgan fingerprint density at radius 3 is 2.05 bits per heavy atom. The predicted octanol–water partition coefficient (Wildman–Crippen LogP) is 2.14. The molecule has 1 unspecified atom stereocenters. The maximum Gasteiger partial charge on any atom is 0.490 e. The van der Waals surface area contributed by atoms with Gasteiger partial charge in [-0.05, 0) is 25.8 Å². The van der Waals surface area contributed by atoms with Crippen LogP contribution in [0.1, 0.15) is 19.4 Å². The van der Waals surface area contributed by atoms with Crippen molar-refractivity contribution >= 4 is 11.9 Å². The number of hydrogen-bond donors (Lipinski definition) is 2. The lowest BCUT2D eigenvalue weighted by molar-refractivity contribution is -0.192. The van der Waals surface area contributed by atoms with E-state index in [0.29, 0.717) is 6.42 Å². The zero-order valence-corrected chi connectivity index (χ0v) is 12.1. The van der Waals surface area contributed by atoms with Crippen LogP contribution in [0.15, 0.2) is 30.3 Å². The van der Waals surface area contributed by atoms with Crippen molar-refractivity contribution in [3.63, 3.8) is 0 Å². The first-order valence-electron chi connectivity index (χ1n) is 6.34. The van der Waals surface area contributed by atoms with Crippen LogP contribution < -0.4 is 5.73 Å². The molecule has 0 heterocycles. The van der Waals surface area contributed by atoms with Crippen molar-refractivity contribution < 1.29 is 32.6 Å². The first-order chi connectivity index (χ1) is 10.0. The van der Waals surface area contributed by atoms with Crippen LogP contribution in [0.3, 0.4) is 0 Å². The second-order valence-electron chi connectivity index (χ2n) is 4.58. The summed E-state index contributed by atoms with van der Waals surface area (Å²) in [5.74, 6) is -3.10. The fourth-order valence-corrected chi connectivity index (χ4v) is 1.27. The molecule has 3 N–H and O–H groups in total. The lowest BCUT2D eigenvalue weighted by Crippen LogP contribution is -2.35. The van der Waals surface area contributed by atoms with Gasteiger partial charge in [0.25, 0.3) is 0 Å². The van der Waals surface area contributed by atoms with E-state index in [2.05, 4.69) is 0 Å². The van der Waals surface area contributed by atoms with Gasteiger partial charge in [0, 0.05) is 0 Å². The molecule has 22 heavy (non-hydrogen) atoms. The summed E-state index contributed by atoms with van der Waals surface area (Å²) in [6, 6.07) is 9.10. The zero-order valence-electron chi connectivity index (χ0n) is 12.1. The molecule has 1 atom stereocenters. The number of carbonyl (C=O) groups excluding carboxylic acids is 1. The molecule has 1 rings (SSSR count). The average Bonchev–Trinajstić information content (AvgIpc) is 2.38. The number of carboxylic acid groups (broad SMARTS) is 1. The van der Waals surface area contributed by atoms with Crippen LogP contribution in [0.25, 0.3) is 0 Å². The summed E-state index contributed by atoms with van der Waals surface area (Å²) < 4.78 is 36.8. The fourth-order valence-electron chi connectivity index (χ4n) is 1.27. The van der Waals surface area contributed by atoms with Gasteiger partial charge in [0.15, 0.2) is 0 Å². The van der Waals surface area contributed by atoms with Crippen LogP contribution in [-0.2, 0) is 20.7 Å². The normalized spacial score (nSPS) is 12.1. The quantitative estimate of drug-likeness (QED) is 0.829. The third-order valence-electron chi connectivity index (χ3n) is 2.20. The maximum absolute atomic E-state index is 11.4. The molecule has 124 valence electrons. The molecule has 0 aliphatic rings. The number of rotatable bonds is 4. The SMILES string of the molecule is CC(C)OC(=O)C(N)Cc1ccccc1.O=C(O)C(F)(F)F. The summed E-state index contributed by atoms with van der Waals surface area (Å²) in [4.78, 5) is 20.3. The van der Waals surface area contributed by atoms with Gasteiger partial charge in [0.1, 0.15) is 6.04 Å². The summed E-state index contributed by atoms with van der Waals surface area (Å²) in [6.45, 7) is 3.63. The van der Waals surface area contributed by atoms with Crippen molar-refractivity contribution in [3.05, 3.63) is 35.9 Å². The Hall–Kier alpha value is -2.09. The smallest absolute Gasteiger partial charge is 0.475 e. The van der Waals surface area contributed by atoms with Gasteiger partial charge in [0.2, 0.25) is 0 Å². The molecule has 0 radical (unpaired) electrons. The van der Waals surface area contributed by atoms with Crippen LogP contribution in [0.5, 0.6) is 0 Å². The van der Waals surface area contributed by atoms with Crippen molar-refractivity contribution in [2.24, 2.45) is 5.73 Å². The number of esters is 1. The molecule has 0 fully saturated rings. The largest absolute Gasteiger partial charge is 0.490 e. The number of halogens is 3. The second-order valence-corrected chi connectivity index (χ2v) is 4.58. The van der Waals surface area contributed by atoms with Gasteiger partial charge < -0.3 is 15.6 Å². The summed E-state index contributed by atoms with van der Waals surface area (Å²) in [7, 11) is 0. The van der Waals surface area contributed by atoms with E-state index in [-0.39, 0.29) is 12.1 Å². The minimum atomic E-state index is -5.08. The van der Waals surface area contributed by atoms with Crippen LogP contribution in [0, 0.1) is 0 Å². The Labute approximate surface area is 125 Å². The van der Waals surface area contributed by atoms with Crippen molar-refractivity contribution in [1.82, 2.24) is 0 Å². The van der Waals surface area contributed by atoms with E-state index in [1.165, 1.54) is 0 Å². The van der Waals surface area contributed by atoms with E-state index >= 15 is 0 Å². The summed E-state index contributed by atoms with van der Waals surface area (Å²) in [5, 5.41) is 7.12. The Morgan fingerprint density at radius 2 is 1.68 bits per heavy atom. The number of hydrogen-bond acceptors (Lipinski definition) is 4. The van der Waals surface area contributed by atoms with Crippen LogP contribution in [0.4, 0.5) is 13.2 Å². The molecule has 8 heteroatoms. The van der Waals surface area contributed by atoms with Gasteiger partial charge in [-0.25, -0.2) is 4.79 Å². The molecule has 5 nitrogen and oxygen atoms in total. The van der Waals surface area contributed by atoms with E-state index < -0.39 is 18.2 Å².